The van der Waals surface area contributed by atoms with Crippen LogP contribution < -0.4 is 10.2 Å². The van der Waals surface area contributed by atoms with Gasteiger partial charge in [0.05, 0.1) is 0 Å². The lowest BCUT2D eigenvalue weighted by Gasteiger charge is -2.34. The van der Waals surface area contributed by atoms with E-state index < -0.39 is 0 Å². The molecule has 1 aliphatic heterocycles. The molecular weight excluding hydrogens is 232 g/mol. The second kappa shape index (κ2) is 6.31. The van der Waals surface area contributed by atoms with Crippen LogP contribution in [0.2, 0.25) is 0 Å². The Morgan fingerprint density at radius 3 is 2.94 bits per heavy atom. The van der Waals surface area contributed by atoms with Gasteiger partial charge in [0.15, 0.2) is 0 Å². The highest BCUT2D eigenvalue weighted by molar-refractivity contribution is 7.09. The van der Waals surface area contributed by atoms with Crippen molar-refractivity contribution in [1.82, 2.24) is 14.7 Å². The molecule has 1 aromatic rings. The first-order valence-corrected chi connectivity index (χ1v) is 7.42. The summed E-state index contributed by atoms with van der Waals surface area (Å²) in [6.45, 7) is 7.67. The molecule has 1 aliphatic rings. The van der Waals surface area contributed by atoms with Crippen molar-refractivity contribution in [2.24, 2.45) is 0 Å². The molecule has 1 N–H and O–H groups in total. The molecule has 0 aromatic carbocycles. The smallest absolute Gasteiger partial charge is 0.205 e. The third-order valence-corrected chi connectivity index (χ3v) is 3.99. The van der Waals surface area contributed by atoms with Crippen LogP contribution in [-0.2, 0) is 6.42 Å². The summed E-state index contributed by atoms with van der Waals surface area (Å²) in [6, 6.07) is 0.598. The molecule has 1 atom stereocenters. The lowest BCUT2D eigenvalue weighted by atomic mass is 10.1. The lowest BCUT2D eigenvalue weighted by molar-refractivity contribution is 0.430. The Morgan fingerprint density at radius 2 is 2.35 bits per heavy atom. The van der Waals surface area contributed by atoms with Crippen LogP contribution in [0.1, 0.15) is 38.9 Å². The van der Waals surface area contributed by atoms with Gasteiger partial charge < -0.3 is 10.2 Å². The van der Waals surface area contributed by atoms with E-state index in [-0.39, 0.29) is 0 Å². The van der Waals surface area contributed by atoms with Gasteiger partial charge in [-0.1, -0.05) is 13.8 Å². The van der Waals surface area contributed by atoms with Gasteiger partial charge in [-0.3, -0.25) is 0 Å². The zero-order valence-corrected chi connectivity index (χ0v) is 11.6. The van der Waals surface area contributed by atoms with E-state index in [9.17, 15) is 0 Å². The van der Waals surface area contributed by atoms with Gasteiger partial charge in [-0.15, -0.1) is 0 Å². The van der Waals surface area contributed by atoms with E-state index in [4.69, 9.17) is 0 Å². The Kier molecular flexibility index (Phi) is 4.74. The Hall–Kier alpha value is -0.680. The minimum Gasteiger partial charge on any atom is -0.343 e. The van der Waals surface area contributed by atoms with Crippen molar-refractivity contribution >= 4 is 16.7 Å². The second-order valence-electron chi connectivity index (χ2n) is 4.54. The molecule has 1 saturated heterocycles. The van der Waals surface area contributed by atoms with Crippen molar-refractivity contribution in [1.29, 1.82) is 0 Å². The SMILES string of the molecule is CCCN(c1nc(CC)ns1)C1CCCNC1. The van der Waals surface area contributed by atoms with E-state index in [1.165, 1.54) is 12.8 Å². The maximum Gasteiger partial charge on any atom is 0.205 e. The Labute approximate surface area is 108 Å². The molecule has 2 rings (SSSR count). The molecule has 5 heteroatoms. The van der Waals surface area contributed by atoms with Crippen molar-refractivity contribution in [3.05, 3.63) is 5.82 Å². The van der Waals surface area contributed by atoms with Gasteiger partial charge in [0, 0.05) is 37.1 Å². The molecule has 1 aromatic heterocycles. The summed E-state index contributed by atoms with van der Waals surface area (Å²) in [5.41, 5.74) is 0. The zero-order chi connectivity index (χ0) is 12.1. The van der Waals surface area contributed by atoms with E-state index in [2.05, 4.69) is 33.4 Å². The van der Waals surface area contributed by atoms with Gasteiger partial charge in [0.1, 0.15) is 5.82 Å². The average molecular weight is 254 g/mol. The van der Waals surface area contributed by atoms with Gasteiger partial charge in [-0.05, 0) is 25.8 Å². The predicted molar refractivity (Wildman–Crippen MR) is 72.8 cm³/mol. The summed E-state index contributed by atoms with van der Waals surface area (Å²) in [5.74, 6) is 0.981. The highest BCUT2D eigenvalue weighted by atomic mass is 32.1. The summed E-state index contributed by atoms with van der Waals surface area (Å²) >= 11 is 1.55. The van der Waals surface area contributed by atoms with Crippen LogP contribution in [0, 0.1) is 0 Å². The Bertz CT molecular complexity index is 333. The van der Waals surface area contributed by atoms with Gasteiger partial charge in [-0.2, -0.15) is 4.37 Å². The molecule has 0 radical (unpaired) electrons. The summed E-state index contributed by atoms with van der Waals surface area (Å²) in [5, 5.41) is 4.59. The van der Waals surface area contributed by atoms with Crippen molar-refractivity contribution in [2.75, 3.05) is 24.5 Å². The topological polar surface area (TPSA) is 41.1 Å². The molecule has 17 heavy (non-hydrogen) atoms. The number of aryl methyl sites for hydroxylation is 1. The van der Waals surface area contributed by atoms with Gasteiger partial charge in [-0.25, -0.2) is 4.98 Å². The van der Waals surface area contributed by atoms with Crippen LogP contribution >= 0.6 is 11.5 Å². The summed E-state index contributed by atoms with van der Waals surface area (Å²) in [7, 11) is 0. The van der Waals surface area contributed by atoms with Gasteiger partial charge in [0.25, 0.3) is 0 Å². The first-order valence-electron chi connectivity index (χ1n) is 6.65. The van der Waals surface area contributed by atoms with Crippen LogP contribution in [0.15, 0.2) is 0 Å². The average Bonchev–Trinajstić information content (AvgIpc) is 2.85. The lowest BCUT2D eigenvalue weighted by Crippen LogP contribution is -2.46. The maximum absolute atomic E-state index is 4.63. The van der Waals surface area contributed by atoms with Crippen LogP contribution in [0.5, 0.6) is 0 Å². The predicted octanol–water partition coefficient (Wildman–Crippen LogP) is 2.07. The fourth-order valence-electron chi connectivity index (χ4n) is 2.28. The molecule has 0 aliphatic carbocycles. The summed E-state index contributed by atoms with van der Waals surface area (Å²) in [6.07, 6.45) is 4.63. The number of piperidine rings is 1. The first-order chi connectivity index (χ1) is 8.35. The molecule has 0 amide bonds. The number of hydrogen-bond donors (Lipinski definition) is 1. The highest BCUT2D eigenvalue weighted by Crippen LogP contribution is 2.23. The van der Waals surface area contributed by atoms with Crippen molar-refractivity contribution in [3.8, 4) is 0 Å². The molecule has 96 valence electrons. The molecule has 2 heterocycles. The van der Waals surface area contributed by atoms with E-state index in [0.717, 1.165) is 43.4 Å². The van der Waals surface area contributed by atoms with E-state index in [1.807, 2.05) is 0 Å². The Balaban J connectivity index is 2.09. The number of hydrogen-bond acceptors (Lipinski definition) is 5. The molecule has 1 unspecified atom stereocenters. The molecule has 4 nitrogen and oxygen atoms in total. The fraction of sp³-hybridized carbons (Fsp3) is 0.833. The largest absolute Gasteiger partial charge is 0.343 e. The van der Waals surface area contributed by atoms with E-state index in [1.54, 1.807) is 11.5 Å². The highest BCUT2D eigenvalue weighted by Gasteiger charge is 2.23. The molecule has 0 spiro atoms. The third kappa shape index (κ3) is 3.16. The molecule has 1 fully saturated rings. The number of aromatic nitrogens is 2. The molecular formula is C12H22N4S. The number of anilines is 1. The third-order valence-electron chi connectivity index (χ3n) is 3.20. The van der Waals surface area contributed by atoms with E-state index >= 15 is 0 Å². The maximum atomic E-state index is 4.63. The quantitative estimate of drug-likeness (QED) is 0.873. The van der Waals surface area contributed by atoms with E-state index in [0.29, 0.717) is 6.04 Å². The number of nitrogens with zero attached hydrogens (tertiary/aromatic N) is 3. The Morgan fingerprint density at radius 1 is 1.47 bits per heavy atom. The van der Waals surface area contributed by atoms with Crippen LogP contribution in [0.25, 0.3) is 0 Å². The molecule has 0 saturated carbocycles. The molecule has 0 bridgehead atoms. The van der Waals surface area contributed by atoms with Crippen LogP contribution in [0.4, 0.5) is 5.13 Å². The van der Waals surface area contributed by atoms with Crippen LogP contribution in [-0.4, -0.2) is 35.0 Å². The van der Waals surface area contributed by atoms with Gasteiger partial charge in [0.2, 0.25) is 5.13 Å². The second-order valence-corrected chi connectivity index (χ2v) is 5.27. The van der Waals surface area contributed by atoms with Crippen molar-refractivity contribution < 1.29 is 0 Å². The van der Waals surface area contributed by atoms with Crippen molar-refractivity contribution in [3.63, 3.8) is 0 Å². The normalized spacial score (nSPS) is 20.5. The van der Waals surface area contributed by atoms with Gasteiger partial charge >= 0.3 is 0 Å². The number of nitrogens with one attached hydrogen (secondary N) is 1. The minimum absolute atomic E-state index is 0.598. The fourth-order valence-corrected chi connectivity index (χ4v) is 3.13. The minimum atomic E-state index is 0.598. The van der Waals surface area contributed by atoms with Crippen molar-refractivity contribution in [2.45, 2.75) is 45.6 Å². The standard InChI is InChI=1S/C12H22N4S/c1-3-8-16(10-6-5-7-13-9-10)12-14-11(4-2)15-17-12/h10,13H,3-9H2,1-2H3. The summed E-state index contributed by atoms with van der Waals surface area (Å²) < 4.78 is 4.40. The first kappa shape index (κ1) is 12.8. The van der Waals surface area contributed by atoms with Crippen LogP contribution in [0.3, 0.4) is 0 Å². The summed E-state index contributed by atoms with van der Waals surface area (Å²) in [4.78, 5) is 7.08. The monoisotopic (exact) mass is 254 g/mol. The number of rotatable bonds is 5. The zero-order valence-electron chi connectivity index (χ0n) is 10.8.